The zero-order valence-electron chi connectivity index (χ0n) is 40.4. The Hall–Kier alpha value is -6.34. The third-order valence-corrected chi connectivity index (χ3v) is 14.5. The molecule has 19 heteroatoms. The van der Waals surface area contributed by atoms with E-state index >= 15 is 0 Å². The number of carbonyl (C=O) groups is 8. The SMILES string of the molecule is C[C@@H]1[C@H]2CCC[C@H]2CN1C(=O)[C@@H](NC(=O)C(NC(=O)c1cnc(C(=O)NCCOCCOCCOc2cc3c4c(cccc4c2)C(=O)N(C2CCC(=O)NC2=O)C3=O)cn1)C1CCCCC1)C(C)(C)C. The molecule has 4 fully saturated rings. The van der Waals surface area contributed by atoms with Gasteiger partial charge in [0.15, 0.2) is 0 Å². The van der Waals surface area contributed by atoms with Crippen molar-refractivity contribution >= 4 is 58.0 Å². The Kier molecular flexibility index (Phi) is 15.6. The van der Waals surface area contributed by atoms with Crippen LogP contribution in [-0.4, -0.2) is 137 Å². The number of imide groups is 2. The molecule has 4 N–H and O–H groups in total. The third-order valence-electron chi connectivity index (χ3n) is 14.5. The molecule has 3 aliphatic heterocycles. The lowest BCUT2D eigenvalue weighted by Crippen LogP contribution is -2.60. The minimum absolute atomic E-state index is 0.00564. The summed E-state index contributed by atoms with van der Waals surface area (Å²) in [6, 6.07) is 5.68. The van der Waals surface area contributed by atoms with E-state index in [1.807, 2.05) is 25.7 Å². The Bertz CT molecular complexity index is 2500. The average molecular weight is 965 g/mol. The minimum Gasteiger partial charge on any atom is -0.491 e. The molecule has 0 bridgehead atoms. The van der Waals surface area contributed by atoms with Gasteiger partial charge in [0.1, 0.15) is 41.9 Å². The smallest absolute Gasteiger partial charge is 0.272 e. The van der Waals surface area contributed by atoms with Gasteiger partial charge in [0.25, 0.3) is 23.6 Å². The van der Waals surface area contributed by atoms with Crippen LogP contribution in [0.25, 0.3) is 10.8 Å². The number of likely N-dealkylation sites (tertiary alicyclic amines) is 1. The minimum atomic E-state index is -1.10. The van der Waals surface area contributed by atoms with E-state index in [9.17, 15) is 38.4 Å². The van der Waals surface area contributed by atoms with Gasteiger partial charge in [-0.2, -0.15) is 0 Å². The number of aromatic nitrogens is 2. The molecule has 374 valence electrons. The van der Waals surface area contributed by atoms with Crippen molar-refractivity contribution in [1.29, 1.82) is 0 Å². The van der Waals surface area contributed by atoms with E-state index in [-0.39, 0.29) is 92.8 Å². The molecule has 2 saturated carbocycles. The molecular formula is C51H64N8O11. The summed E-state index contributed by atoms with van der Waals surface area (Å²) >= 11 is 0. The summed E-state index contributed by atoms with van der Waals surface area (Å²) in [5, 5.41) is 12.0. The van der Waals surface area contributed by atoms with Crippen molar-refractivity contribution in [3.8, 4) is 5.75 Å². The van der Waals surface area contributed by atoms with Gasteiger partial charge in [0.05, 0.1) is 44.4 Å². The van der Waals surface area contributed by atoms with E-state index in [0.717, 1.165) is 49.8 Å². The average Bonchev–Trinajstić information content (AvgIpc) is 3.94. The van der Waals surface area contributed by atoms with Gasteiger partial charge in [-0.3, -0.25) is 48.6 Å². The van der Waals surface area contributed by atoms with Crippen LogP contribution in [0.4, 0.5) is 0 Å². The van der Waals surface area contributed by atoms with Gasteiger partial charge >= 0.3 is 0 Å². The fraction of sp³-hybridized carbons (Fsp3) is 0.569. The highest BCUT2D eigenvalue weighted by Crippen LogP contribution is 2.43. The monoisotopic (exact) mass is 964 g/mol. The molecular weight excluding hydrogens is 901 g/mol. The van der Waals surface area contributed by atoms with Crippen molar-refractivity contribution in [1.82, 2.24) is 41.0 Å². The Morgan fingerprint density at radius 1 is 0.800 bits per heavy atom. The molecule has 2 unspecified atom stereocenters. The van der Waals surface area contributed by atoms with E-state index in [2.05, 4.69) is 38.2 Å². The number of benzene rings is 2. The zero-order chi connectivity index (χ0) is 49.7. The number of hydrogen-bond acceptors (Lipinski definition) is 13. The molecule has 70 heavy (non-hydrogen) atoms. The Morgan fingerprint density at radius 2 is 1.50 bits per heavy atom. The van der Waals surface area contributed by atoms with Gasteiger partial charge in [-0.15, -0.1) is 0 Å². The lowest BCUT2D eigenvalue weighted by Gasteiger charge is -2.37. The van der Waals surface area contributed by atoms with Crippen molar-refractivity contribution < 1.29 is 52.6 Å². The maximum atomic E-state index is 14.2. The van der Waals surface area contributed by atoms with Crippen LogP contribution in [0, 0.1) is 23.2 Å². The predicted octanol–water partition coefficient (Wildman–Crippen LogP) is 3.73. The van der Waals surface area contributed by atoms with Crippen LogP contribution in [0.1, 0.15) is 134 Å². The quantitative estimate of drug-likeness (QED) is 0.105. The first-order valence-corrected chi connectivity index (χ1v) is 24.7. The number of rotatable bonds is 18. The second-order valence-corrected chi connectivity index (χ2v) is 20.2. The highest BCUT2D eigenvalue weighted by molar-refractivity contribution is 6.27. The van der Waals surface area contributed by atoms with Gasteiger partial charge in [-0.25, -0.2) is 9.97 Å². The van der Waals surface area contributed by atoms with Crippen molar-refractivity contribution in [3.05, 3.63) is 65.2 Å². The molecule has 2 aliphatic carbocycles. The summed E-state index contributed by atoms with van der Waals surface area (Å²) in [6.07, 6.45) is 10.4. The number of carbonyl (C=O) groups excluding carboxylic acids is 8. The van der Waals surface area contributed by atoms with E-state index in [0.29, 0.717) is 34.9 Å². The Labute approximate surface area is 406 Å². The van der Waals surface area contributed by atoms with Crippen molar-refractivity contribution in [2.24, 2.45) is 23.2 Å². The van der Waals surface area contributed by atoms with Crippen LogP contribution in [-0.2, 0) is 28.7 Å². The molecule has 3 aromatic rings. The van der Waals surface area contributed by atoms with Gasteiger partial charge in [-0.1, -0.05) is 58.6 Å². The van der Waals surface area contributed by atoms with E-state index < -0.39 is 64.9 Å². The molecule has 0 radical (unpaired) electrons. The summed E-state index contributed by atoms with van der Waals surface area (Å²) in [4.78, 5) is 117. The highest BCUT2D eigenvalue weighted by atomic mass is 16.5. The maximum absolute atomic E-state index is 14.2. The van der Waals surface area contributed by atoms with E-state index in [4.69, 9.17) is 14.2 Å². The van der Waals surface area contributed by atoms with E-state index in [1.54, 1.807) is 24.3 Å². The molecule has 19 nitrogen and oxygen atoms in total. The van der Waals surface area contributed by atoms with Crippen molar-refractivity contribution in [2.45, 2.75) is 116 Å². The number of hydrogen-bond donors (Lipinski definition) is 4. The van der Waals surface area contributed by atoms with Crippen LogP contribution < -0.4 is 26.0 Å². The molecule has 4 heterocycles. The standard InChI is InChI=1S/C51H64N8O11/c1-29-34-14-9-13-32(34)28-58(29)50(67)43(51(2,3)4)57-47(64)42(30-10-6-5-7-11-30)56-45(62)38-27-53-37(26-54-38)44(61)52-18-19-68-20-21-69-22-23-70-33-24-31-12-8-15-35-41(31)36(25-33)49(66)59(48(35)65)39-16-17-40(60)55-46(39)63/h8,12,15,24-27,29-30,32,34,39,42-43H,5-7,9-11,13-14,16-23,28H2,1-4H3,(H,52,61)(H,56,62)(H,57,64)(H,55,60,63)/t29-,32+,34-,39?,42?,43-/m1/s1. The second kappa shape index (κ2) is 21.7. The molecule has 1 aromatic heterocycles. The fourth-order valence-corrected chi connectivity index (χ4v) is 10.8. The van der Waals surface area contributed by atoms with Crippen molar-refractivity contribution in [3.63, 3.8) is 0 Å². The van der Waals surface area contributed by atoms with Crippen LogP contribution >= 0.6 is 0 Å². The van der Waals surface area contributed by atoms with Gasteiger partial charge in [0, 0.05) is 36.5 Å². The number of nitrogens with one attached hydrogen (secondary N) is 4. The summed E-state index contributed by atoms with van der Waals surface area (Å²) in [6.45, 7) is 9.82. The lowest BCUT2D eigenvalue weighted by molar-refractivity contribution is -0.141. The number of nitrogens with zero attached hydrogens (tertiary/aromatic N) is 4. The number of fused-ring (bicyclic) bond motifs is 1. The molecule has 2 saturated heterocycles. The largest absolute Gasteiger partial charge is 0.491 e. The third kappa shape index (κ3) is 11.0. The maximum Gasteiger partial charge on any atom is 0.272 e. The summed E-state index contributed by atoms with van der Waals surface area (Å²) < 4.78 is 17.1. The van der Waals surface area contributed by atoms with Crippen LogP contribution in [0.3, 0.4) is 0 Å². The van der Waals surface area contributed by atoms with Crippen LogP contribution in [0.2, 0.25) is 0 Å². The highest BCUT2D eigenvalue weighted by Gasteiger charge is 2.48. The predicted molar refractivity (Wildman–Crippen MR) is 253 cm³/mol. The summed E-state index contributed by atoms with van der Waals surface area (Å²) in [5.41, 5.74) is -0.121. The fourth-order valence-electron chi connectivity index (χ4n) is 10.8. The first kappa shape index (κ1) is 50.1. The Balaban J connectivity index is 0.758. The summed E-state index contributed by atoms with van der Waals surface area (Å²) in [7, 11) is 0. The van der Waals surface area contributed by atoms with Crippen LogP contribution in [0.15, 0.2) is 42.7 Å². The van der Waals surface area contributed by atoms with Gasteiger partial charge < -0.3 is 35.1 Å². The molecule has 5 aliphatic rings. The van der Waals surface area contributed by atoms with Gasteiger partial charge in [-0.05, 0) is 85.8 Å². The normalized spacial score (nSPS) is 22.3. The van der Waals surface area contributed by atoms with Gasteiger partial charge in [0.2, 0.25) is 23.6 Å². The molecule has 8 rings (SSSR count). The molecule has 0 spiro atoms. The second-order valence-electron chi connectivity index (χ2n) is 20.2. The molecule has 6 atom stereocenters. The molecule has 8 amide bonds. The van der Waals surface area contributed by atoms with Crippen LogP contribution in [0.5, 0.6) is 5.75 Å². The first-order valence-electron chi connectivity index (χ1n) is 24.7. The first-order chi connectivity index (χ1) is 33.6. The topological polar surface area (TPSA) is 245 Å². The molecule has 2 aromatic carbocycles. The lowest BCUT2D eigenvalue weighted by atomic mass is 9.82. The van der Waals surface area contributed by atoms with E-state index in [1.165, 1.54) is 24.9 Å². The summed E-state index contributed by atoms with van der Waals surface area (Å²) in [5.74, 6) is -2.70. The zero-order valence-corrected chi connectivity index (χ0v) is 40.4. The Morgan fingerprint density at radius 3 is 2.20 bits per heavy atom. The number of amides is 8. The number of piperidine rings is 1. The number of ether oxygens (including phenoxy) is 3. The van der Waals surface area contributed by atoms with Crippen molar-refractivity contribution in [2.75, 3.05) is 46.1 Å².